The third kappa shape index (κ3) is 2.26. The molecule has 0 radical (unpaired) electrons. The van der Waals surface area contributed by atoms with Crippen molar-refractivity contribution in [2.45, 2.75) is 51.1 Å². The molecule has 1 aromatic heterocycles. The fraction of sp³-hybridized carbons (Fsp3) is 0.533. The number of rotatable bonds is 2. The average Bonchev–Trinajstić information content (AvgIpc) is 2.78. The van der Waals surface area contributed by atoms with E-state index in [4.69, 9.17) is 22.3 Å². The largest absolute Gasteiger partial charge is 0.328 e. The molecule has 19 heavy (non-hydrogen) atoms. The van der Waals surface area contributed by atoms with Crippen LogP contribution < -0.4 is 5.73 Å². The van der Waals surface area contributed by atoms with Crippen LogP contribution in [0, 0.1) is 0 Å². The number of para-hydroxylation sites is 1. The van der Waals surface area contributed by atoms with Gasteiger partial charge in [0.05, 0.1) is 16.1 Å². The van der Waals surface area contributed by atoms with Gasteiger partial charge < -0.3 is 10.3 Å². The number of hydrogen-bond donors (Lipinski definition) is 1. The van der Waals surface area contributed by atoms with Crippen molar-refractivity contribution in [2.24, 2.45) is 5.73 Å². The molecule has 0 saturated heterocycles. The summed E-state index contributed by atoms with van der Waals surface area (Å²) in [6, 6.07) is 6.27. The van der Waals surface area contributed by atoms with Crippen molar-refractivity contribution in [1.29, 1.82) is 0 Å². The average molecular weight is 278 g/mol. The molecule has 2 unspecified atom stereocenters. The Hall–Kier alpha value is -1.06. The summed E-state index contributed by atoms with van der Waals surface area (Å²) >= 11 is 6.34. The number of nitrogens with two attached hydrogens (primary N) is 1. The number of nitrogens with zero attached hydrogens (tertiary/aromatic N) is 2. The first kappa shape index (κ1) is 12.9. The standard InChI is InChI=1S/C15H20ClN3/c1-2-19-14-12(16)7-4-8-13(14)18-15(19)10-5-3-6-11(17)9-10/h4,7-8,10-11H,2-3,5-6,9,17H2,1H3. The Labute approximate surface area is 118 Å². The molecule has 2 atom stereocenters. The minimum atomic E-state index is 0.319. The predicted octanol–water partition coefficient (Wildman–Crippen LogP) is 3.69. The molecule has 3 rings (SSSR count). The summed E-state index contributed by atoms with van der Waals surface area (Å²) in [6.07, 6.45) is 4.58. The first-order valence-corrected chi connectivity index (χ1v) is 7.48. The molecule has 2 aromatic rings. The molecule has 1 fully saturated rings. The lowest BCUT2D eigenvalue weighted by atomic mass is 9.85. The highest BCUT2D eigenvalue weighted by Gasteiger charge is 2.25. The third-order valence-electron chi connectivity index (χ3n) is 4.14. The van der Waals surface area contributed by atoms with Gasteiger partial charge in [-0.3, -0.25) is 0 Å². The Morgan fingerprint density at radius 1 is 1.42 bits per heavy atom. The van der Waals surface area contributed by atoms with Crippen LogP contribution in [0.2, 0.25) is 5.02 Å². The molecule has 1 aliphatic rings. The van der Waals surface area contributed by atoms with Crippen molar-refractivity contribution in [1.82, 2.24) is 9.55 Å². The highest BCUT2D eigenvalue weighted by molar-refractivity contribution is 6.35. The maximum atomic E-state index is 6.34. The van der Waals surface area contributed by atoms with Crippen LogP contribution in [0.25, 0.3) is 11.0 Å². The van der Waals surface area contributed by atoms with Crippen LogP contribution in [0.1, 0.15) is 44.3 Å². The zero-order chi connectivity index (χ0) is 13.4. The number of aryl methyl sites for hydroxylation is 1. The monoisotopic (exact) mass is 277 g/mol. The van der Waals surface area contributed by atoms with Crippen LogP contribution in [0.3, 0.4) is 0 Å². The van der Waals surface area contributed by atoms with Crippen LogP contribution >= 0.6 is 11.6 Å². The van der Waals surface area contributed by atoms with Gasteiger partial charge in [-0.15, -0.1) is 0 Å². The molecular formula is C15H20ClN3. The molecule has 0 bridgehead atoms. The minimum Gasteiger partial charge on any atom is -0.328 e. The molecule has 4 heteroatoms. The second-order valence-electron chi connectivity index (χ2n) is 5.45. The first-order chi connectivity index (χ1) is 9.20. The minimum absolute atomic E-state index is 0.319. The molecule has 1 aromatic carbocycles. The van der Waals surface area contributed by atoms with E-state index in [9.17, 15) is 0 Å². The fourth-order valence-electron chi connectivity index (χ4n) is 3.25. The molecule has 0 amide bonds. The van der Waals surface area contributed by atoms with Gasteiger partial charge in [0, 0.05) is 18.5 Å². The van der Waals surface area contributed by atoms with Gasteiger partial charge in [-0.2, -0.15) is 0 Å². The second kappa shape index (κ2) is 5.14. The lowest BCUT2D eigenvalue weighted by Crippen LogP contribution is -2.28. The van der Waals surface area contributed by atoms with E-state index in [0.29, 0.717) is 12.0 Å². The normalized spacial score (nSPS) is 23.9. The van der Waals surface area contributed by atoms with Crippen molar-refractivity contribution in [3.63, 3.8) is 0 Å². The van der Waals surface area contributed by atoms with Gasteiger partial charge in [0.1, 0.15) is 5.82 Å². The molecule has 1 aliphatic carbocycles. The van der Waals surface area contributed by atoms with Gasteiger partial charge in [-0.05, 0) is 38.3 Å². The summed E-state index contributed by atoms with van der Waals surface area (Å²) < 4.78 is 2.26. The van der Waals surface area contributed by atoms with E-state index in [0.717, 1.165) is 35.4 Å². The lowest BCUT2D eigenvalue weighted by molar-refractivity contribution is 0.375. The Morgan fingerprint density at radius 3 is 3.00 bits per heavy atom. The van der Waals surface area contributed by atoms with Crippen LogP contribution in [0.5, 0.6) is 0 Å². The molecule has 1 heterocycles. The van der Waals surface area contributed by atoms with E-state index in [1.165, 1.54) is 18.7 Å². The highest BCUT2D eigenvalue weighted by Crippen LogP contribution is 2.35. The van der Waals surface area contributed by atoms with Gasteiger partial charge in [-0.1, -0.05) is 24.1 Å². The zero-order valence-corrected chi connectivity index (χ0v) is 12.0. The zero-order valence-electron chi connectivity index (χ0n) is 11.3. The third-order valence-corrected chi connectivity index (χ3v) is 4.45. The van der Waals surface area contributed by atoms with E-state index in [-0.39, 0.29) is 0 Å². The van der Waals surface area contributed by atoms with E-state index in [2.05, 4.69) is 11.5 Å². The summed E-state index contributed by atoms with van der Waals surface area (Å²) in [7, 11) is 0. The summed E-state index contributed by atoms with van der Waals surface area (Å²) in [6.45, 7) is 3.05. The summed E-state index contributed by atoms with van der Waals surface area (Å²) in [5, 5.41) is 0.790. The number of halogens is 1. The Morgan fingerprint density at radius 2 is 2.26 bits per heavy atom. The van der Waals surface area contributed by atoms with Gasteiger partial charge in [-0.25, -0.2) is 4.98 Å². The summed E-state index contributed by atoms with van der Waals surface area (Å²) in [4.78, 5) is 4.83. The Balaban J connectivity index is 2.10. The topological polar surface area (TPSA) is 43.8 Å². The van der Waals surface area contributed by atoms with Gasteiger partial charge >= 0.3 is 0 Å². The van der Waals surface area contributed by atoms with Crippen molar-refractivity contribution in [2.75, 3.05) is 0 Å². The van der Waals surface area contributed by atoms with Crippen molar-refractivity contribution in [3.8, 4) is 0 Å². The molecule has 0 spiro atoms. The molecule has 0 aliphatic heterocycles. The molecule has 3 nitrogen and oxygen atoms in total. The van der Waals surface area contributed by atoms with E-state index < -0.39 is 0 Å². The van der Waals surface area contributed by atoms with Gasteiger partial charge in [0.2, 0.25) is 0 Å². The second-order valence-corrected chi connectivity index (χ2v) is 5.85. The molecule has 2 N–H and O–H groups in total. The number of aromatic nitrogens is 2. The lowest BCUT2D eigenvalue weighted by Gasteiger charge is -2.26. The predicted molar refractivity (Wildman–Crippen MR) is 79.6 cm³/mol. The van der Waals surface area contributed by atoms with Gasteiger partial charge in [0.25, 0.3) is 0 Å². The number of hydrogen-bond acceptors (Lipinski definition) is 2. The molecular weight excluding hydrogens is 258 g/mol. The number of imidazole rings is 1. The maximum Gasteiger partial charge on any atom is 0.113 e. The van der Waals surface area contributed by atoms with E-state index >= 15 is 0 Å². The first-order valence-electron chi connectivity index (χ1n) is 7.11. The number of fused-ring (bicyclic) bond motifs is 1. The van der Waals surface area contributed by atoms with Crippen LogP contribution in [-0.4, -0.2) is 15.6 Å². The summed E-state index contributed by atoms with van der Waals surface area (Å²) in [5.74, 6) is 1.65. The Kier molecular flexibility index (Phi) is 3.50. The number of benzene rings is 1. The highest BCUT2D eigenvalue weighted by atomic mass is 35.5. The fourth-order valence-corrected chi connectivity index (χ4v) is 3.53. The SMILES string of the molecule is CCn1c(C2CCCC(N)C2)nc2cccc(Cl)c21. The maximum absolute atomic E-state index is 6.34. The van der Waals surface area contributed by atoms with Gasteiger partial charge in [0.15, 0.2) is 0 Å². The van der Waals surface area contributed by atoms with E-state index in [1.54, 1.807) is 0 Å². The van der Waals surface area contributed by atoms with E-state index in [1.807, 2.05) is 18.2 Å². The molecule has 102 valence electrons. The van der Waals surface area contributed by atoms with Crippen LogP contribution in [-0.2, 0) is 6.54 Å². The smallest absolute Gasteiger partial charge is 0.113 e. The van der Waals surface area contributed by atoms with Crippen molar-refractivity contribution in [3.05, 3.63) is 29.0 Å². The molecule has 1 saturated carbocycles. The quantitative estimate of drug-likeness (QED) is 0.910. The van der Waals surface area contributed by atoms with Crippen molar-refractivity contribution < 1.29 is 0 Å². The van der Waals surface area contributed by atoms with Crippen LogP contribution in [0.15, 0.2) is 18.2 Å². The van der Waals surface area contributed by atoms with Crippen molar-refractivity contribution >= 4 is 22.6 Å². The Bertz CT molecular complexity index is 590. The van der Waals surface area contributed by atoms with Crippen LogP contribution in [0.4, 0.5) is 0 Å². The summed E-state index contributed by atoms with van der Waals surface area (Å²) in [5.41, 5.74) is 8.19.